The molecule has 1 saturated heterocycles. The van der Waals surface area contributed by atoms with E-state index < -0.39 is 12.0 Å². The van der Waals surface area contributed by atoms with Gasteiger partial charge in [0.25, 0.3) is 0 Å². The zero-order chi connectivity index (χ0) is 9.14. The summed E-state index contributed by atoms with van der Waals surface area (Å²) in [5.74, 6) is -0.920. The van der Waals surface area contributed by atoms with Crippen molar-refractivity contribution >= 4 is 63.4 Å². The van der Waals surface area contributed by atoms with Crippen LogP contribution in [-0.4, -0.2) is 93.0 Å². The molecule has 0 aromatic heterocycles. The maximum atomic E-state index is 11.1. The second-order valence-electron chi connectivity index (χ2n) is 2.74. The second kappa shape index (κ2) is 5.97. The molecular weight excluding hydrogens is 199 g/mol. The first-order chi connectivity index (χ1) is 5.66. The molecule has 2 N–H and O–H groups in total. The molecule has 1 rings (SSSR count). The Kier molecular flexibility index (Phi) is 6.15. The Morgan fingerprint density at radius 1 is 1.54 bits per heavy atom. The first-order valence-electron chi connectivity index (χ1n) is 3.88. The van der Waals surface area contributed by atoms with Crippen molar-refractivity contribution in [1.29, 1.82) is 0 Å². The third-order valence-corrected chi connectivity index (χ3v) is 2.01. The summed E-state index contributed by atoms with van der Waals surface area (Å²) >= 11 is 0. The summed E-state index contributed by atoms with van der Waals surface area (Å²) < 4.78 is 0. The zero-order valence-electron chi connectivity index (χ0n) is 7.91. The number of urea groups is 1. The second-order valence-corrected chi connectivity index (χ2v) is 2.74. The van der Waals surface area contributed by atoms with Gasteiger partial charge in [-0.2, -0.15) is 0 Å². The smallest absolute Gasteiger partial charge is 0.326 e. The van der Waals surface area contributed by atoms with Crippen molar-refractivity contribution in [3.63, 3.8) is 0 Å². The number of carboxylic acids is 1. The predicted molar refractivity (Wildman–Crippen MR) is 47.6 cm³/mol. The van der Waals surface area contributed by atoms with E-state index in [0.717, 1.165) is 6.42 Å². The van der Waals surface area contributed by atoms with E-state index in [9.17, 15) is 9.59 Å². The van der Waals surface area contributed by atoms with Gasteiger partial charge in [0.2, 0.25) is 0 Å². The molecule has 0 aliphatic carbocycles. The van der Waals surface area contributed by atoms with E-state index in [2.05, 4.69) is 5.32 Å². The molecule has 1 heterocycles. The van der Waals surface area contributed by atoms with Crippen molar-refractivity contribution in [2.45, 2.75) is 18.9 Å². The molecule has 1 unspecified atom stereocenters. The fourth-order valence-electron chi connectivity index (χ4n) is 1.41. The monoisotopic (exact) mass is 211 g/mol. The van der Waals surface area contributed by atoms with Gasteiger partial charge in [0, 0.05) is 65.0 Å². The molecular formula is C7H12KN2O3. The van der Waals surface area contributed by atoms with Crippen LogP contribution in [0.2, 0.25) is 0 Å². The van der Waals surface area contributed by atoms with Gasteiger partial charge in [-0.1, -0.05) is 0 Å². The van der Waals surface area contributed by atoms with E-state index in [0.29, 0.717) is 13.0 Å². The number of hydrogen-bond donors (Lipinski definition) is 2. The quantitative estimate of drug-likeness (QED) is 0.574. The van der Waals surface area contributed by atoms with Crippen LogP contribution < -0.4 is 5.32 Å². The molecule has 13 heavy (non-hydrogen) atoms. The molecule has 0 saturated carbocycles. The van der Waals surface area contributed by atoms with Crippen molar-refractivity contribution in [3.8, 4) is 0 Å². The van der Waals surface area contributed by atoms with Crippen LogP contribution in [0.3, 0.4) is 0 Å². The summed E-state index contributed by atoms with van der Waals surface area (Å²) in [4.78, 5) is 23.0. The number of carbonyl (C=O) groups is 2. The summed E-state index contributed by atoms with van der Waals surface area (Å²) in [6, 6.07) is -0.940. The molecule has 0 aromatic rings. The van der Waals surface area contributed by atoms with E-state index in [1.54, 1.807) is 0 Å². The summed E-state index contributed by atoms with van der Waals surface area (Å²) in [7, 11) is 1.50. The minimum Gasteiger partial charge on any atom is -0.480 e. The van der Waals surface area contributed by atoms with Crippen molar-refractivity contribution < 1.29 is 14.7 Å². The van der Waals surface area contributed by atoms with E-state index >= 15 is 0 Å². The van der Waals surface area contributed by atoms with E-state index in [-0.39, 0.29) is 57.4 Å². The molecule has 0 aromatic carbocycles. The Morgan fingerprint density at radius 2 is 2.15 bits per heavy atom. The summed E-state index contributed by atoms with van der Waals surface area (Å²) in [5, 5.41) is 11.1. The van der Waals surface area contributed by atoms with Crippen molar-refractivity contribution in [2.24, 2.45) is 0 Å². The molecule has 6 heteroatoms. The number of hydrogen-bond acceptors (Lipinski definition) is 2. The number of rotatable bonds is 1. The Hall–Kier alpha value is 0.376. The van der Waals surface area contributed by atoms with Crippen LogP contribution in [-0.2, 0) is 4.79 Å². The van der Waals surface area contributed by atoms with Gasteiger partial charge in [-0.05, 0) is 12.8 Å². The number of nitrogens with zero attached hydrogens (tertiary/aromatic N) is 1. The van der Waals surface area contributed by atoms with E-state index in [1.165, 1.54) is 11.9 Å². The third kappa shape index (κ3) is 3.21. The maximum Gasteiger partial charge on any atom is 0.326 e. The van der Waals surface area contributed by atoms with Crippen molar-refractivity contribution in [1.82, 2.24) is 10.2 Å². The van der Waals surface area contributed by atoms with E-state index in [4.69, 9.17) is 5.11 Å². The number of nitrogens with one attached hydrogen (secondary N) is 1. The Bertz CT molecular complexity index is 210. The molecule has 5 nitrogen and oxygen atoms in total. The zero-order valence-corrected chi connectivity index (χ0v) is 11.0. The molecule has 1 atom stereocenters. The Balaban J connectivity index is 0.00000144. The van der Waals surface area contributed by atoms with Gasteiger partial charge in [0.05, 0.1) is 0 Å². The molecule has 1 fully saturated rings. The van der Waals surface area contributed by atoms with Crippen LogP contribution >= 0.6 is 0 Å². The van der Waals surface area contributed by atoms with Crippen molar-refractivity contribution in [2.75, 3.05) is 13.6 Å². The number of carbonyl (C=O) groups excluding carboxylic acids is 1. The Labute approximate surface area is 119 Å². The third-order valence-electron chi connectivity index (χ3n) is 2.01. The molecule has 2 amide bonds. The largest absolute Gasteiger partial charge is 0.480 e. The fourth-order valence-corrected chi connectivity index (χ4v) is 1.41. The van der Waals surface area contributed by atoms with Crippen LogP contribution in [0, 0.1) is 0 Å². The standard InChI is InChI=1S/C7H12N2O3.K/c1-8-7(12)9-4-2-3-5(9)6(10)11;/h5H,2-4H2,1H3,(H,8,12)(H,10,11);. The molecule has 0 bridgehead atoms. The number of carboxylic acid groups (broad SMARTS) is 1. The summed E-state index contributed by atoms with van der Waals surface area (Å²) in [6.45, 7) is 0.538. The number of aliphatic carboxylic acids is 1. The normalized spacial score (nSPS) is 20.7. The van der Waals surface area contributed by atoms with Gasteiger partial charge in [-0.15, -0.1) is 0 Å². The number of amides is 2. The maximum absolute atomic E-state index is 11.1. The molecule has 69 valence electrons. The average Bonchev–Trinajstić information content (AvgIpc) is 2.50. The van der Waals surface area contributed by atoms with Crippen LogP contribution in [0.5, 0.6) is 0 Å². The van der Waals surface area contributed by atoms with Crippen molar-refractivity contribution in [3.05, 3.63) is 0 Å². The predicted octanol–water partition coefficient (Wildman–Crippen LogP) is -0.506. The van der Waals surface area contributed by atoms with Gasteiger partial charge in [0.1, 0.15) is 6.04 Å². The summed E-state index contributed by atoms with van der Waals surface area (Å²) in [5.41, 5.74) is 0. The minimum atomic E-state index is -0.920. The molecule has 0 spiro atoms. The number of likely N-dealkylation sites (tertiary alicyclic amines) is 1. The van der Waals surface area contributed by atoms with Gasteiger partial charge in [0.15, 0.2) is 0 Å². The van der Waals surface area contributed by atoms with Crippen LogP contribution in [0.25, 0.3) is 0 Å². The SMILES string of the molecule is CNC(=O)N1CCCC1C(=O)O.[K]. The molecule has 1 radical (unpaired) electrons. The summed E-state index contributed by atoms with van der Waals surface area (Å²) in [6.07, 6.45) is 1.33. The average molecular weight is 211 g/mol. The molecule has 1 aliphatic heterocycles. The van der Waals surface area contributed by atoms with Crippen LogP contribution in [0.4, 0.5) is 4.79 Å². The van der Waals surface area contributed by atoms with Crippen LogP contribution in [0.1, 0.15) is 12.8 Å². The topological polar surface area (TPSA) is 69.6 Å². The van der Waals surface area contributed by atoms with E-state index in [1.807, 2.05) is 0 Å². The minimum absolute atomic E-state index is 0. The van der Waals surface area contributed by atoms with Gasteiger partial charge < -0.3 is 15.3 Å². The van der Waals surface area contributed by atoms with Crippen LogP contribution in [0.15, 0.2) is 0 Å². The first kappa shape index (κ1) is 13.4. The first-order valence-corrected chi connectivity index (χ1v) is 3.88. The molecule has 1 aliphatic rings. The van der Waals surface area contributed by atoms with Gasteiger partial charge in [-0.3, -0.25) is 0 Å². The van der Waals surface area contributed by atoms with Gasteiger partial charge in [-0.25, -0.2) is 9.59 Å². The fraction of sp³-hybridized carbons (Fsp3) is 0.714. The van der Waals surface area contributed by atoms with Gasteiger partial charge >= 0.3 is 12.0 Å². The Morgan fingerprint density at radius 3 is 2.62 bits per heavy atom.